The minimum Gasteiger partial charge on any atom is -0.425 e. The maximum atomic E-state index is 12.4. The van der Waals surface area contributed by atoms with E-state index in [2.05, 4.69) is 5.10 Å². The van der Waals surface area contributed by atoms with Crippen molar-refractivity contribution in [2.75, 3.05) is 0 Å². The molecule has 0 fully saturated rings. The number of para-hydroxylation sites is 1. The van der Waals surface area contributed by atoms with Crippen LogP contribution in [0.1, 0.15) is 0 Å². The summed E-state index contributed by atoms with van der Waals surface area (Å²) in [5, 5.41) is 14.9. The summed E-state index contributed by atoms with van der Waals surface area (Å²) in [6.07, 6.45) is 1.48. The Kier molecular flexibility index (Phi) is 2.98. The molecule has 4 rings (SSSR count). The van der Waals surface area contributed by atoms with Gasteiger partial charge < -0.3 is 5.21 Å². The summed E-state index contributed by atoms with van der Waals surface area (Å²) < 4.78 is 2.37. The molecule has 0 aliphatic rings. The van der Waals surface area contributed by atoms with Gasteiger partial charge in [0.05, 0.1) is 28.5 Å². The predicted molar refractivity (Wildman–Crippen MR) is 88.0 cm³/mol. The first-order valence-corrected chi connectivity index (χ1v) is 7.19. The van der Waals surface area contributed by atoms with Gasteiger partial charge in [-0.15, -0.1) is 4.73 Å². The highest BCUT2D eigenvalue weighted by atomic mass is 16.5. The minimum atomic E-state index is -0.483. The van der Waals surface area contributed by atoms with E-state index in [9.17, 15) is 10.0 Å². The van der Waals surface area contributed by atoms with E-state index >= 15 is 0 Å². The van der Waals surface area contributed by atoms with Crippen molar-refractivity contribution in [3.05, 3.63) is 83.3 Å². The Bertz CT molecular complexity index is 1030. The molecule has 112 valence electrons. The van der Waals surface area contributed by atoms with Crippen LogP contribution in [0.4, 0.5) is 0 Å². The lowest BCUT2D eigenvalue weighted by atomic mass is 10.1. The molecule has 0 radical (unpaired) electrons. The number of nitrogens with zero attached hydrogens (tertiary/aromatic N) is 3. The van der Waals surface area contributed by atoms with Gasteiger partial charge in [0, 0.05) is 5.56 Å². The van der Waals surface area contributed by atoms with Crippen molar-refractivity contribution in [2.24, 2.45) is 0 Å². The van der Waals surface area contributed by atoms with Gasteiger partial charge in [-0.2, -0.15) is 5.10 Å². The average molecular weight is 303 g/mol. The standard InChI is InChI=1S/C18H13N3O2/c22-18-15-12-19-20(14-9-5-2-6-10-14)17(15)11-16(21(18)23)13-7-3-1-4-8-13/h1-12,23H. The van der Waals surface area contributed by atoms with E-state index in [0.717, 1.165) is 11.3 Å². The third-order valence-corrected chi connectivity index (χ3v) is 3.80. The van der Waals surface area contributed by atoms with Gasteiger partial charge in [0.1, 0.15) is 0 Å². The molecule has 5 heteroatoms. The molecule has 2 aromatic heterocycles. The quantitative estimate of drug-likeness (QED) is 0.579. The lowest BCUT2D eigenvalue weighted by Gasteiger charge is -2.08. The normalized spacial score (nSPS) is 11.0. The highest BCUT2D eigenvalue weighted by Gasteiger charge is 2.14. The predicted octanol–water partition coefficient (Wildman–Crippen LogP) is 3.09. The van der Waals surface area contributed by atoms with E-state index in [4.69, 9.17) is 0 Å². The molecule has 0 amide bonds. The minimum absolute atomic E-state index is 0.371. The SMILES string of the molecule is O=c1c2cnn(-c3ccccc3)c2cc(-c2ccccc2)n1O. The van der Waals surface area contributed by atoms with Gasteiger partial charge >= 0.3 is 0 Å². The van der Waals surface area contributed by atoms with Gasteiger partial charge in [0.25, 0.3) is 5.56 Å². The van der Waals surface area contributed by atoms with Crippen molar-refractivity contribution in [3.8, 4) is 16.9 Å². The van der Waals surface area contributed by atoms with Crippen molar-refractivity contribution >= 4 is 10.9 Å². The maximum absolute atomic E-state index is 12.4. The summed E-state index contributed by atoms with van der Waals surface area (Å²) in [6, 6.07) is 20.6. The van der Waals surface area contributed by atoms with Crippen molar-refractivity contribution in [2.45, 2.75) is 0 Å². The van der Waals surface area contributed by atoms with Gasteiger partial charge in [-0.25, -0.2) is 4.68 Å². The summed E-state index contributed by atoms with van der Waals surface area (Å²) in [5.41, 5.74) is 2.22. The van der Waals surface area contributed by atoms with Crippen LogP contribution >= 0.6 is 0 Å². The molecule has 0 saturated carbocycles. The molecule has 0 bridgehead atoms. The molecule has 0 aliphatic carbocycles. The fourth-order valence-electron chi connectivity index (χ4n) is 2.67. The lowest BCUT2D eigenvalue weighted by molar-refractivity contribution is 0.181. The molecule has 0 unspecified atom stereocenters. The first-order chi connectivity index (χ1) is 11.3. The van der Waals surface area contributed by atoms with Crippen LogP contribution in [0.5, 0.6) is 0 Å². The second-order valence-electron chi connectivity index (χ2n) is 5.20. The Hall–Kier alpha value is -3.34. The van der Waals surface area contributed by atoms with Gasteiger partial charge in [-0.05, 0) is 18.2 Å². The van der Waals surface area contributed by atoms with E-state index in [0.29, 0.717) is 21.3 Å². The van der Waals surface area contributed by atoms with Crippen LogP contribution in [0, 0.1) is 0 Å². The summed E-state index contributed by atoms with van der Waals surface area (Å²) in [5.74, 6) is 0. The van der Waals surface area contributed by atoms with Crippen LogP contribution in [-0.4, -0.2) is 19.7 Å². The molecule has 23 heavy (non-hydrogen) atoms. The smallest absolute Gasteiger partial charge is 0.294 e. The number of hydrogen-bond acceptors (Lipinski definition) is 3. The van der Waals surface area contributed by atoms with Crippen LogP contribution in [-0.2, 0) is 0 Å². The summed E-state index contributed by atoms with van der Waals surface area (Å²) in [4.78, 5) is 12.4. The first-order valence-electron chi connectivity index (χ1n) is 7.19. The molecule has 0 spiro atoms. The van der Waals surface area contributed by atoms with Gasteiger partial charge in [0.2, 0.25) is 0 Å². The number of rotatable bonds is 2. The Labute approximate surface area is 131 Å². The van der Waals surface area contributed by atoms with E-state index in [1.54, 1.807) is 10.7 Å². The highest BCUT2D eigenvalue weighted by Crippen LogP contribution is 2.23. The van der Waals surface area contributed by atoms with Crippen LogP contribution in [0.2, 0.25) is 0 Å². The zero-order chi connectivity index (χ0) is 15.8. The van der Waals surface area contributed by atoms with Gasteiger partial charge in [-0.1, -0.05) is 48.5 Å². The van der Waals surface area contributed by atoms with E-state index in [1.807, 2.05) is 60.7 Å². The van der Waals surface area contributed by atoms with Crippen molar-refractivity contribution in [1.29, 1.82) is 0 Å². The number of hydrogen-bond donors (Lipinski definition) is 1. The summed E-state index contributed by atoms with van der Waals surface area (Å²) in [6.45, 7) is 0. The maximum Gasteiger partial charge on any atom is 0.294 e. The zero-order valence-corrected chi connectivity index (χ0v) is 12.1. The van der Waals surface area contributed by atoms with Crippen molar-refractivity contribution in [1.82, 2.24) is 14.5 Å². The number of aromatic nitrogens is 3. The summed E-state index contributed by atoms with van der Waals surface area (Å²) in [7, 11) is 0. The van der Waals surface area contributed by atoms with Crippen LogP contribution in [0.3, 0.4) is 0 Å². The molecule has 5 nitrogen and oxygen atoms in total. The number of pyridine rings is 1. The number of benzene rings is 2. The lowest BCUT2D eigenvalue weighted by Crippen LogP contribution is -2.19. The molecular formula is C18H13N3O2. The molecule has 0 aliphatic heterocycles. The third kappa shape index (κ3) is 2.10. The second kappa shape index (κ2) is 5.14. The summed E-state index contributed by atoms with van der Waals surface area (Å²) >= 11 is 0. The number of fused-ring (bicyclic) bond motifs is 1. The van der Waals surface area contributed by atoms with Gasteiger partial charge in [-0.3, -0.25) is 4.79 Å². The van der Waals surface area contributed by atoms with E-state index < -0.39 is 5.56 Å². The molecule has 2 aromatic carbocycles. The second-order valence-corrected chi connectivity index (χ2v) is 5.20. The first kappa shape index (κ1) is 13.3. The molecular weight excluding hydrogens is 290 g/mol. The zero-order valence-electron chi connectivity index (χ0n) is 12.1. The Balaban J connectivity index is 2.04. The molecule has 4 aromatic rings. The monoisotopic (exact) mass is 303 g/mol. The average Bonchev–Trinajstić information content (AvgIpc) is 3.03. The third-order valence-electron chi connectivity index (χ3n) is 3.80. The Morgan fingerprint density at radius 1 is 0.913 bits per heavy atom. The fourth-order valence-corrected chi connectivity index (χ4v) is 2.67. The molecule has 2 heterocycles. The molecule has 1 N–H and O–H groups in total. The van der Waals surface area contributed by atoms with Crippen LogP contribution in [0.15, 0.2) is 77.7 Å². The Morgan fingerprint density at radius 3 is 2.26 bits per heavy atom. The van der Waals surface area contributed by atoms with Gasteiger partial charge in [0.15, 0.2) is 0 Å². The fraction of sp³-hybridized carbons (Fsp3) is 0. The molecule has 0 saturated heterocycles. The van der Waals surface area contributed by atoms with E-state index in [-0.39, 0.29) is 0 Å². The van der Waals surface area contributed by atoms with Crippen LogP contribution in [0.25, 0.3) is 27.8 Å². The highest BCUT2D eigenvalue weighted by molar-refractivity contribution is 5.83. The Morgan fingerprint density at radius 2 is 1.57 bits per heavy atom. The molecule has 0 atom stereocenters. The van der Waals surface area contributed by atoms with E-state index in [1.165, 1.54) is 6.20 Å². The van der Waals surface area contributed by atoms with Crippen molar-refractivity contribution < 1.29 is 5.21 Å². The topological polar surface area (TPSA) is 60.0 Å². The van der Waals surface area contributed by atoms with Crippen LogP contribution < -0.4 is 5.56 Å². The van der Waals surface area contributed by atoms with Crippen molar-refractivity contribution in [3.63, 3.8) is 0 Å². The largest absolute Gasteiger partial charge is 0.425 e.